The molecule has 2 aromatic rings. The van der Waals surface area contributed by atoms with Gasteiger partial charge >= 0.3 is 0 Å². The van der Waals surface area contributed by atoms with Crippen molar-refractivity contribution in [2.45, 2.75) is 12.8 Å². The Morgan fingerprint density at radius 1 is 1.14 bits per heavy atom. The van der Waals surface area contributed by atoms with E-state index in [1.807, 2.05) is 0 Å². The molecule has 0 bridgehead atoms. The molecule has 0 spiro atoms. The van der Waals surface area contributed by atoms with E-state index in [1.165, 1.54) is 4.90 Å². The minimum atomic E-state index is -0.284. The van der Waals surface area contributed by atoms with Gasteiger partial charge in [-0.1, -0.05) is 29.3 Å². The number of hydrogen-bond donors (Lipinski definition) is 1. The number of rotatable bonds is 9. The fourth-order valence-corrected chi connectivity index (χ4v) is 2.86. The summed E-state index contributed by atoms with van der Waals surface area (Å²) >= 11 is 11.9. The van der Waals surface area contributed by atoms with E-state index in [9.17, 15) is 9.59 Å². The van der Waals surface area contributed by atoms with Crippen molar-refractivity contribution in [3.05, 3.63) is 52.5 Å². The van der Waals surface area contributed by atoms with E-state index in [0.29, 0.717) is 40.3 Å². The topological polar surface area (TPSA) is 67.9 Å². The minimum absolute atomic E-state index is 0.0418. The molecule has 150 valence electrons. The summed E-state index contributed by atoms with van der Waals surface area (Å²) in [6.45, 7) is 0.289. The number of likely N-dealkylation sites (N-methyl/N-ethyl adjacent to an activating group) is 1. The molecule has 2 rings (SSSR count). The van der Waals surface area contributed by atoms with E-state index >= 15 is 0 Å². The monoisotopic (exact) mass is 424 g/mol. The van der Waals surface area contributed by atoms with Crippen LogP contribution in [0, 0.1) is 0 Å². The van der Waals surface area contributed by atoms with Gasteiger partial charge in [0.05, 0.1) is 25.3 Å². The molecule has 0 saturated carbocycles. The smallest absolute Gasteiger partial charge is 0.243 e. The molecule has 28 heavy (non-hydrogen) atoms. The molecule has 0 aromatic heterocycles. The molecule has 2 amide bonds. The number of benzene rings is 2. The Hall–Kier alpha value is -2.44. The van der Waals surface area contributed by atoms with Crippen LogP contribution in [0.3, 0.4) is 0 Å². The fourth-order valence-electron chi connectivity index (χ4n) is 2.39. The molecule has 8 heteroatoms. The van der Waals surface area contributed by atoms with Crippen molar-refractivity contribution in [3.8, 4) is 11.5 Å². The number of carbonyl (C=O) groups excluding carboxylic acids is 2. The van der Waals surface area contributed by atoms with Gasteiger partial charge in [0, 0.05) is 30.2 Å². The first-order chi connectivity index (χ1) is 13.4. The first kappa shape index (κ1) is 21.9. The first-order valence-electron chi connectivity index (χ1n) is 8.64. The molecular weight excluding hydrogens is 403 g/mol. The lowest BCUT2D eigenvalue weighted by molar-refractivity contribution is -0.133. The van der Waals surface area contributed by atoms with E-state index in [0.717, 1.165) is 0 Å². The Labute approximate surface area is 174 Å². The van der Waals surface area contributed by atoms with Gasteiger partial charge in [0.2, 0.25) is 11.8 Å². The van der Waals surface area contributed by atoms with Gasteiger partial charge in [0.25, 0.3) is 0 Å². The second-order valence-electron chi connectivity index (χ2n) is 6.06. The number of nitrogens with zero attached hydrogens (tertiary/aromatic N) is 1. The zero-order valence-electron chi connectivity index (χ0n) is 15.7. The van der Waals surface area contributed by atoms with E-state index in [1.54, 1.807) is 56.6 Å². The molecule has 0 aliphatic rings. The predicted octanol–water partition coefficient (Wildman–Crippen LogP) is 4.26. The average Bonchev–Trinajstić information content (AvgIpc) is 2.66. The van der Waals surface area contributed by atoms with Gasteiger partial charge in [-0.2, -0.15) is 0 Å². The highest BCUT2D eigenvalue weighted by Gasteiger charge is 2.13. The van der Waals surface area contributed by atoms with Crippen molar-refractivity contribution < 1.29 is 19.1 Å². The van der Waals surface area contributed by atoms with E-state index < -0.39 is 0 Å². The maximum atomic E-state index is 12.2. The molecule has 0 atom stereocenters. The zero-order valence-corrected chi connectivity index (χ0v) is 17.2. The van der Waals surface area contributed by atoms with Crippen LogP contribution in [0.4, 0.5) is 5.69 Å². The van der Waals surface area contributed by atoms with Gasteiger partial charge in [-0.3, -0.25) is 9.59 Å². The summed E-state index contributed by atoms with van der Waals surface area (Å²) in [5.74, 6) is 0.729. The first-order valence-corrected chi connectivity index (χ1v) is 9.40. The van der Waals surface area contributed by atoms with Gasteiger partial charge in [-0.05, 0) is 36.8 Å². The Balaban J connectivity index is 1.72. The summed E-state index contributed by atoms with van der Waals surface area (Å²) in [7, 11) is 3.14. The number of anilines is 1. The number of nitrogens with one attached hydrogen (secondary N) is 1. The summed E-state index contributed by atoms with van der Waals surface area (Å²) in [6.07, 6.45) is 0.758. The third-order valence-corrected chi connectivity index (χ3v) is 4.38. The number of amides is 2. The van der Waals surface area contributed by atoms with Crippen LogP contribution < -0.4 is 14.8 Å². The van der Waals surface area contributed by atoms with Crippen molar-refractivity contribution in [2.24, 2.45) is 0 Å². The van der Waals surface area contributed by atoms with E-state index in [4.69, 9.17) is 32.7 Å². The van der Waals surface area contributed by atoms with Crippen LogP contribution in [0.15, 0.2) is 42.5 Å². The van der Waals surface area contributed by atoms with Gasteiger partial charge in [-0.25, -0.2) is 0 Å². The SMILES string of the molecule is COc1cccc(NC(=O)CN(C)C(=O)CCCOc2ccc(Cl)cc2Cl)c1. The van der Waals surface area contributed by atoms with Crippen molar-refractivity contribution in [3.63, 3.8) is 0 Å². The molecule has 6 nitrogen and oxygen atoms in total. The van der Waals surface area contributed by atoms with Gasteiger partial charge < -0.3 is 19.7 Å². The molecule has 0 unspecified atom stereocenters. The number of ether oxygens (including phenoxy) is 2. The Kier molecular flexibility index (Phi) is 8.42. The Bertz CT molecular complexity index is 830. The minimum Gasteiger partial charge on any atom is -0.497 e. The van der Waals surface area contributed by atoms with Gasteiger partial charge in [0.1, 0.15) is 11.5 Å². The van der Waals surface area contributed by atoms with Crippen LogP contribution in [-0.2, 0) is 9.59 Å². The molecule has 0 heterocycles. The van der Waals surface area contributed by atoms with Crippen molar-refractivity contribution in [1.82, 2.24) is 4.90 Å². The fraction of sp³-hybridized carbons (Fsp3) is 0.300. The van der Waals surface area contributed by atoms with Crippen LogP contribution in [-0.4, -0.2) is 44.0 Å². The lowest BCUT2D eigenvalue weighted by atomic mass is 10.2. The third kappa shape index (κ3) is 6.94. The van der Waals surface area contributed by atoms with Crippen molar-refractivity contribution in [2.75, 3.05) is 32.6 Å². The van der Waals surface area contributed by atoms with Gasteiger partial charge in [-0.15, -0.1) is 0 Å². The molecule has 0 aliphatic carbocycles. The van der Waals surface area contributed by atoms with Gasteiger partial charge in [0.15, 0.2) is 0 Å². The summed E-state index contributed by atoms with van der Waals surface area (Å²) in [4.78, 5) is 25.7. The van der Waals surface area contributed by atoms with Crippen LogP contribution >= 0.6 is 23.2 Å². The van der Waals surface area contributed by atoms with Crippen LogP contribution in [0.1, 0.15) is 12.8 Å². The van der Waals surface area contributed by atoms with Crippen LogP contribution in [0.5, 0.6) is 11.5 Å². The second kappa shape index (κ2) is 10.8. The third-order valence-electron chi connectivity index (χ3n) is 3.85. The summed E-state index contributed by atoms with van der Waals surface area (Å²) < 4.78 is 10.7. The van der Waals surface area contributed by atoms with Crippen molar-refractivity contribution >= 4 is 40.7 Å². The lowest BCUT2D eigenvalue weighted by Crippen LogP contribution is -2.34. The lowest BCUT2D eigenvalue weighted by Gasteiger charge is -2.17. The van der Waals surface area contributed by atoms with Crippen LogP contribution in [0.2, 0.25) is 10.0 Å². The zero-order chi connectivity index (χ0) is 20.5. The molecule has 0 saturated heterocycles. The number of carbonyl (C=O) groups is 2. The molecule has 0 radical (unpaired) electrons. The normalized spacial score (nSPS) is 10.3. The molecule has 0 fully saturated rings. The second-order valence-corrected chi connectivity index (χ2v) is 6.90. The quantitative estimate of drug-likeness (QED) is 0.610. The predicted molar refractivity (Wildman–Crippen MR) is 110 cm³/mol. The highest BCUT2D eigenvalue weighted by molar-refractivity contribution is 6.35. The highest BCUT2D eigenvalue weighted by atomic mass is 35.5. The van der Waals surface area contributed by atoms with Crippen LogP contribution in [0.25, 0.3) is 0 Å². The van der Waals surface area contributed by atoms with E-state index in [2.05, 4.69) is 5.32 Å². The number of halogens is 2. The molecule has 0 aliphatic heterocycles. The largest absolute Gasteiger partial charge is 0.497 e. The average molecular weight is 425 g/mol. The van der Waals surface area contributed by atoms with E-state index in [-0.39, 0.29) is 24.8 Å². The standard InChI is InChI=1S/C20H22Cl2N2O4/c1-24(13-19(25)23-15-5-3-6-16(12-15)27-2)20(26)7-4-10-28-18-9-8-14(21)11-17(18)22/h3,5-6,8-9,11-12H,4,7,10,13H2,1-2H3,(H,23,25). The summed E-state index contributed by atoms with van der Waals surface area (Å²) in [6, 6.07) is 12.0. The highest BCUT2D eigenvalue weighted by Crippen LogP contribution is 2.27. The molecular formula is C20H22Cl2N2O4. The molecule has 2 aromatic carbocycles. The maximum absolute atomic E-state index is 12.2. The number of hydrogen-bond acceptors (Lipinski definition) is 4. The van der Waals surface area contributed by atoms with Crippen molar-refractivity contribution in [1.29, 1.82) is 0 Å². The summed E-state index contributed by atoms with van der Waals surface area (Å²) in [5, 5.41) is 3.69. The number of methoxy groups -OCH3 is 1. The maximum Gasteiger partial charge on any atom is 0.243 e. The molecule has 1 N–H and O–H groups in total. The summed E-state index contributed by atoms with van der Waals surface area (Å²) in [5.41, 5.74) is 0.610. The Morgan fingerprint density at radius 2 is 1.93 bits per heavy atom. The Morgan fingerprint density at radius 3 is 2.64 bits per heavy atom.